The second-order valence-electron chi connectivity index (χ2n) is 5.16. The van der Waals surface area contributed by atoms with Crippen molar-refractivity contribution < 1.29 is 14.5 Å². The van der Waals surface area contributed by atoms with E-state index in [0.717, 1.165) is 0 Å². The van der Waals surface area contributed by atoms with Gasteiger partial charge in [-0.3, -0.25) is 14.9 Å². The molecule has 0 fully saturated rings. The number of benzene rings is 2. The van der Waals surface area contributed by atoms with Gasteiger partial charge in [-0.25, -0.2) is 0 Å². The number of nitrogens with one attached hydrogen (secondary N) is 1. The fraction of sp³-hybridized carbons (Fsp3) is 0.235. The molecule has 0 saturated carbocycles. The molecule has 1 N–H and O–H groups in total. The maximum Gasteiger partial charge on any atom is 0.274 e. The predicted molar refractivity (Wildman–Crippen MR) is 92.6 cm³/mol. The van der Waals surface area contributed by atoms with Crippen molar-refractivity contribution in [2.75, 3.05) is 11.9 Å². The molecule has 0 spiro atoms. The highest BCUT2D eigenvalue weighted by Gasteiger charge is 2.14. The normalized spacial score (nSPS) is 10.2. The third kappa shape index (κ3) is 4.96. The highest BCUT2D eigenvalue weighted by atomic mass is 35.5. The van der Waals surface area contributed by atoms with E-state index in [0.29, 0.717) is 35.1 Å². The van der Waals surface area contributed by atoms with Gasteiger partial charge in [-0.05, 0) is 43.7 Å². The monoisotopic (exact) mass is 348 g/mol. The first-order chi connectivity index (χ1) is 11.5. The number of rotatable bonds is 7. The van der Waals surface area contributed by atoms with Crippen LogP contribution >= 0.6 is 11.6 Å². The summed E-state index contributed by atoms with van der Waals surface area (Å²) in [6.07, 6.45) is 0.790. The molecule has 6 nitrogen and oxygen atoms in total. The number of halogens is 1. The number of hydrogen-bond donors (Lipinski definition) is 1. The van der Waals surface area contributed by atoms with Crippen LogP contribution in [0, 0.1) is 17.0 Å². The maximum atomic E-state index is 11.9. The highest BCUT2D eigenvalue weighted by Crippen LogP contribution is 2.25. The summed E-state index contributed by atoms with van der Waals surface area (Å²) in [5.74, 6) is 0.479. The van der Waals surface area contributed by atoms with Crippen molar-refractivity contribution in [1.82, 2.24) is 0 Å². The van der Waals surface area contributed by atoms with Crippen LogP contribution in [0.2, 0.25) is 5.02 Å². The number of amides is 1. The van der Waals surface area contributed by atoms with E-state index in [4.69, 9.17) is 16.3 Å². The lowest BCUT2D eigenvalue weighted by atomic mass is 10.1. The second-order valence-corrected chi connectivity index (χ2v) is 5.60. The van der Waals surface area contributed by atoms with Crippen LogP contribution in [0.15, 0.2) is 42.5 Å². The Kier molecular flexibility index (Phi) is 6.14. The molecule has 24 heavy (non-hydrogen) atoms. The third-order valence-corrected chi connectivity index (χ3v) is 3.66. The molecule has 0 aromatic heterocycles. The Labute approximate surface area is 144 Å². The number of nitro benzene ring substituents is 1. The van der Waals surface area contributed by atoms with E-state index in [1.165, 1.54) is 6.07 Å². The standard InChI is InChI=1S/C17H17ClN2O4/c1-12-15(4-2-5-16(12)20(22)23)19-17(21)6-3-11-24-14-9-7-13(18)8-10-14/h2,4-5,7-10H,3,6,11H2,1H3,(H,19,21). The van der Waals surface area contributed by atoms with Crippen LogP contribution in [-0.4, -0.2) is 17.4 Å². The number of carbonyl (C=O) groups excluding carboxylic acids is 1. The van der Waals surface area contributed by atoms with E-state index >= 15 is 0 Å². The van der Waals surface area contributed by atoms with Gasteiger partial charge >= 0.3 is 0 Å². The van der Waals surface area contributed by atoms with Crippen molar-refractivity contribution in [3.8, 4) is 5.75 Å². The molecule has 0 bridgehead atoms. The lowest BCUT2D eigenvalue weighted by Gasteiger charge is -2.09. The lowest BCUT2D eigenvalue weighted by molar-refractivity contribution is -0.385. The molecule has 0 aliphatic rings. The van der Waals surface area contributed by atoms with E-state index in [9.17, 15) is 14.9 Å². The molecule has 7 heteroatoms. The smallest absolute Gasteiger partial charge is 0.274 e. The molecule has 0 atom stereocenters. The lowest BCUT2D eigenvalue weighted by Crippen LogP contribution is -2.14. The van der Waals surface area contributed by atoms with E-state index in [1.54, 1.807) is 43.3 Å². The Bertz CT molecular complexity index is 732. The molecule has 0 saturated heterocycles. The van der Waals surface area contributed by atoms with Crippen LogP contribution in [-0.2, 0) is 4.79 Å². The first kappa shape index (κ1) is 17.7. The maximum absolute atomic E-state index is 11.9. The zero-order valence-corrected chi connectivity index (χ0v) is 13.9. The van der Waals surface area contributed by atoms with Crippen LogP contribution in [0.25, 0.3) is 0 Å². The molecule has 2 aromatic carbocycles. The van der Waals surface area contributed by atoms with E-state index < -0.39 is 4.92 Å². The summed E-state index contributed by atoms with van der Waals surface area (Å²) >= 11 is 5.78. The minimum atomic E-state index is -0.467. The Morgan fingerprint density at radius 3 is 2.62 bits per heavy atom. The molecule has 1 amide bonds. The Morgan fingerprint density at radius 1 is 1.25 bits per heavy atom. The molecule has 0 radical (unpaired) electrons. The van der Waals surface area contributed by atoms with Gasteiger partial charge in [-0.2, -0.15) is 0 Å². The molecular formula is C17H17ClN2O4. The fourth-order valence-corrected chi connectivity index (χ4v) is 2.25. The summed E-state index contributed by atoms with van der Waals surface area (Å²) < 4.78 is 5.51. The van der Waals surface area contributed by atoms with Gasteiger partial charge in [-0.1, -0.05) is 17.7 Å². The molecule has 0 heterocycles. The summed E-state index contributed by atoms with van der Waals surface area (Å²) in [6, 6.07) is 11.6. The third-order valence-electron chi connectivity index (χ3n) is 3.41. The average Bonchev–Trinajstić information content (AvgIpc) is 2.55. The van der Waals surface area contributed by atoms with Gasteiger partial charge in [0.2, 0.25) is 5.91 Å². The minimum Gasteiger partial charge on any atom is -0.494 e. The zero-order chi connectivity index (χ0) is 17.5. The zero-order valence-electron chi connectivity index (χ0n) is 13.1. The van der Waals surface area contributed by atoms with Gasteiger partial charge in [0.15, 0.2) is 0 Å². The first-order valence-corrected chi connectivity index (χ1v) is 7.77. The summed E-state index contributed by atoms with van der Waals surface area (Å²) in [6.45, 7) is 2.00. The molecule has 2 rings (SSSR count). The number of hydrogen-bond acceptors (Lipinski definition) is 4. The Morgan fingerprint density at radius 2 is 1.96 bits per heavy atom. The largest absolute Gasteiger partial charge is 0.494 e. The SMILES string of the molecule is Cc1c(NC(=O)CCCOc2ccc(Cl)cc2)cccc1[N+](=O)[O-]. The van der Waals surface area contributed by atoms with Gasteiger partial charge < -0.3 is 10.1 Å². The van der Waals surface area contributed by atoms with E-state index in [1.807, 2.05) is 0 Å². The van der Waals surface area contributed by atoms with Gasteiger partial charge in [-0.15, -0.1) is 0 Å². The molecule has 0 aliphatic carbocycles. The number of nitrogens with zero attached hydrogens (tertiary/aromatic N) is 1. The molecule has 2 aromatic rings. The summed E-state index contributed by atoms with van der Waals surface area (Å²) in [5, 5.41) is 14.2. The Balaban J connectivity index is 1.80. The summed E-state index contributed by atoms with van der Waals surface area (Å²) in [4.78, 5) is 22.4. The number of carbonyl (C=O) groups is 1. The Hall–Kier alpha value is -2.60. The highest BCUT2D eigenvalue weighted by molar-refractivity contribution is 6.30. The second kappa shape index (κ2) is 8.31. The van der Waals surface area contributed by atoms with E-state index in [-0.39, 0.29) is 18.0 Å². The topological polar surface area (TPSA) is 81.5 Å². The van der Waals surface area contributed by atoms with Crippen molar-refractivity contribution in [2.45, 2.75) is 19.8 Å². The van der Waals surface area contributed by atoms with Crippen molar-refractivity contribution in [3.63, 3.8) is 0 Å². The molecule has 126 valence electrons. The van der Waals surface area contributed by atoms with Gasteiger partial charge in [0.05, 0.1) is 22.8 Å². The summed E-state index contributed by atoms with van der Waals surface area (Å²) in [7, 11) is 0. The van der Waals surface area contributed by atoms with Crippen molar-refractivity contribution in [3.05, 3.63) is 63.2 Å². The van der Waals surface area contributed by atoms with Crippen LogP contribution < -0.4 is 10.1 Å². The van der Waals surface area contributed by atoms with Crippen LogP contribution in [0.1, 0.15) is 18.4 Å². The number of ether oxygens (including phenoxy) is 1. The fourth-order valence-electron chi connectivity index (χ4n) is 2.12. The molecular weight excluding hydrogens is 332 g/mol. The minimum absolute atomic E-state index is 0.0149. The number of nitro groups is 1. The van der Waals surface area contributed by atoms with Crippen molar-refractivity contribution >= 4 is 28.9 Å². The molecule has 0 aliphatic heterocycles. The quantitative estimate of drug-likeness (QED) is 0.458. The van der Waals surface area contributed by atoms with Crippen LogP contribution in [0.4, 0.5) is 11.4 Å². The first-order valence-electron chi connectivity index (χ1n) is 7.39. The van der Waals surface area contributed by atoms with Crippen molar-refractivity contribution in [2.24, 2.45) is 0 Å². The molecule has 0 unspecified atom stereocenters. The summed E-state index contributed by atoms with van der Waals surface area (Å²) in [5.41, 5.74) is 0.875. The van der Waals surface area contributed by atoms with Crippen LogP contribution in [0.5, 0.6) is 5.75 Å². The van der Waals surface area contributed by atoms with Crippen LogP contribution in [0.3, 0.4) is 0 Å². The average molecular weight is 349 g/mol. The van der Waals surface area contributed by atoms with E-state index in [2.05, 4.69) is 5.32 Å². The van der Waals surface area contributed by atoms with Gasteiger partial charge in [0.25, 0.3) is 5.69 Å². The van der Waals surface area contributed by atoms with Gasteiger partial charge in [0, 0.05) is 17.5 Å². The predicted octanol–water partition coefficient (Wildman–Crippen LogP) is 4.35. The van der Waals surface area contributed by atoms with Gasteiger partial charge in [0.1, 0.15) is 5.75 Å². The van der Waals surface area contributed by atoms with Crippen molar-refractivity contribution in [1.29, 1.82) is 0 Å². The number of anilines is 1.